The minimum Gasteiger partial charge on any atom is -0.497 e. The fourth-order valence-electron chi connectivity index (χ4n) is 1.69. The molecule has 0 aliphatic carbocycles. The van der Waals surface area contributed by atoms with E-state index in [1.807, 2.05) is 0 Å². The van der Waals surface area contributed by atoms with Crippen LogP contribution in [0.5, 0.6) is 5.75 Å². The van der Waals surface area contributed by atoms with Crippen molar-refractivity contribution in [1.82, 2.24) is 0 Å². The summed E-state index contributed by atoms with van der Waals surface area (Å²) in [5, 5.41) is 8.87. The summed E-state index contributed by atoms with van der Waals surface area (Å²) in [6.07, 6.45) is 0. The molecule has 1 N–H and O–H groups in total. The van der Waals surface area contributed by atoms with Crippen molar-refractivity contribution in [3.63, 3.8) is 0 Å². The summed E-state index contributed by atoms with van der Waals surface area (Å²) in [5.41, 5.74) is 0.457. The first kappa shape index (κ1) is 16.2. The molecule has 6 heteroatoms. The monoisotopic (exact) mass is 288 g/mol. The predicted molar refractivity (Wildman–Crippen MR) is 73.4 cm³/mol. The first-order valence-electron chi connectivity index (χ1n) is 6.17. The van der Waals surface area contributed by atoms with Crippen molar-refractivity contribution >= 4 is 7.60 Å². The second-order valence-electron chi connectivity index (χ2n) is 4.08. The molecule has 0 radical (unpaired) electrons. The van der Waals surface area contributed by atoms with Gasteiger partial charge in [-0.3, -0.25) is 4.57 Å². The summed E-state index contributed by atoms with van der Waals surface area (Å²) < 4.78 is 28.1. The molecule has 0 bridgehead atoms. The maximum Gasteiger partial charge on any atom is 0.366 e. The van der Waals surface area contributed by atoms with Gasteiger partial charge in [0.1, 0.15) is 5.75 Å². The Morgan fingerprint density at radius 1 is 1.16 bits per heavy atom. The van der Waals surface area contributed by atoms with Crippen LogP contribution in [0.4, 0.5) is 0 Å². The lowest BCUT2D eigenvalue weighted by Gasteiger charge is -2.31. The molecule has 1 atom stereocenters. The summed E-state index contributed by atoms with van der Waals surface area (Å²) in [7, 11) is -2.10. The molecule has 1 aromatic rings. The van der Waals surface area contributed by atoms with Gasteiger partial charge in [0.2, 0.25) is 0 Å². The summed E-state index contributed by atoms with van der Waals surface area (Å²) in [4.78, 5) is 0. The van der Waals surface area contributed by atoms with E-state index in [0.29, 0.717) is 11.3 Å². The number of rotatable bonds is 7. The molecular weight excluding hydrogens is 267 g/mol. The van der Waals surface area contributed by atoms with Crippen LogP contribution in [0.1, 0.15) is 26.3 Å². The highest BCUT2D eigenvalue weighted by atomic mass is 31.2. The zero-order valence-electron chi connectivity index (χ0n) is 11.8. The van der Waals surface area contributed by atoms with Crippen LogP contribution in [-0.4, -0.2) is 25.4 Å². The number of aliphatic hydroxyl groups is 1. The van der Waals surface area contributed by atoms with Gasteiger partial charge in [-0.05, 0) is 38.5 Å². The van der Waals surface area contributed by atoms with Crippen molar-refractivity contribution in [3.8, 4) is 5.75 Å². The number of hydrogen-bond acceptors (Lipinski definition) is 5. The minimum absolute atomic E-state index is 0.198. The SMILES string of the molecule is CCOP(=O)(OCC)C(C)(O)c1ccc(OC)cc1. The first-order chi connectivity index (χ1) is 8.91. The Kier molecular flexibility index (Phi) is 5.56. The van der Waals surface area contributed by atoms with E-state index < -0.39 is 12.9 Å². The predicted octanol–water partition coefficient (Wildman–Crippen LogP) is 3.13. The smallest absolute Gasteiger partial charge is 0.366 e. The largest absolute Gasteiger partial charge is 0.497 e. The lowest BCUT2D eigenvalue weighted by Crippen LogP contribution is -2.24. The van der Waals surface area contributed by atoms with E-state index in [4.69, 9.17) is 13.8 Å². The third-order valence-corrected chi connectivity index (χ3v) is 5.29. The Hall–Kier alpha value is -0.870. The number of methoxy groups -OCH3 is 1. The molecule has 0 saturated carbocycles. The van der Waals surface area contributed by atoms with Gasteiger partial charge in [-0.25, -0.2) is 0 Å². The van der Waals surface area contributed by atoms with E-state index in [1.54, 1.807) is 45.2 Å². The second-order valence-corrected chi connectivity index (χ2v) is 6.46. The van der Waals surface area contributed by atoms with E-state index >= 15 is 0 Å². The van der Waals surface area contributed by atoms with Gasteiger partial charge in [0.15, 0.2) is 5.34 Å². The van der Waals surface area contributed by atoms with Crippen molar-refractivity contribution in [3.05, 3.63) is 29.8 Å². The van der Waals surface area contributed by atoms with Crippen molar-refractivity contribution in [1.29, 1.82) is 0 Å². The molecule has 1 rings (SSSR count). The lowest BCUT2D eigenvalue weighted by atomic mass is 10.1. The van der Waals surface area contributed by atoms with Crippen molar-refractivity contribution in [2.45, 2.75) is 26.1 Å². The highest BCUT2D eigenvalue weighted by Gasteiger charge is 2.47. The van der Waals surface area contributed by atoms with Gasteiger partial charge in [-0.2, -0.15) is 0 Å². The zero-order chi connectivity index (χ0) is 14.5. The fraction of sp³-hybridized carbons (Fsp3) is 0.538. The molecule has 108 valence electrons. The molecule has 0 spiro atoms. The van der Waals surface area contributed by atoms with E-state index in [2.05, 4.69) is 0 Å². The van der Waals surface area contributed by atoms with Crippen LogP contribution in [0.2, 0.25) is 0 Å². The molecular formula is C13H21O5P. The van der Waals surface area contributed by atoms with Crippen LogP contribution in [0, 0.1) is 0 Å². The summed E-state index contributed by atoms with van der Waals surface area (Å²) >= 11 is 0. The highest BCUT2D eigenvalue weighted by Crippen LogP contribution is 2.63. The normalized spacial score (nSPS) is 15.0. The van der Waals surface area contributed by atoms with E-state index in [1.165, 1.54) is 6.92 Å². The summed E-state index contributed by atoms with van der Waals surface area (Å²) in [6, 6.07) is 6.66. The van der Waals surface area contributed by atoms with E-state index in [0.717, 1.165) is 0 Å². The highest BCUT2D eigenvalue weighted by molar-refractivity contribution is 7.54. The lowest BCUT2D eigenvalue weighted by molar-refractivity contribution is 0.0802. The first-order valence-corrected chi connectivity index (χ1v) is 7.71. The zero-order valence-corrected chi connectivity index (χ0v) is 12.6. The fourth-order valence-corrected chi connectivity index (χ4v) is 3.42. The molecule has 0 amide bonds. The van der Waals surface area contributed by atoms with Gasteiger partial charge < -0.3 is 18.9 Å². The molecule has 1 unspecified atom stereocenters. The Balaban J connectivity index is 3.14. The van der Waals surface area contributed by atoms with Crippen molar-refractivity contribution in [2.75, 3.05) is 20.3 Å². The maximum absolute atomic E-state index is 12.7. The van der Waals surface area contributed by atoms with Crippen LogP contribution >= 0.6 is 7.60 Å². The number of benzene rings is 1. The van der Waals surface area contributed by atoms with E-state index in [-0.39, 0.29) is 13.2 Å². The molecule has 0 aliphatic rings. The molecule has 0 aliphatic heterocycles. The van der Waals surface area contributed by atoms with Gasteiger partial charge in [-0.15, -0.1) is 0 Å². The Labute approximate surface area is 114 Å². The maximum atomic E-state index is 12.7. The van der Waals surface area contributed by atoms with Crippen LogP contribution in [-0.2, 0) is 19.0 Å². The quantitative estimate of drug-likeness (QED) is 0.781. The average molecular weight is 288 g/mol. The third-order valence-electron chi connectivity index (χ3n) is 2.77. The van der Waals surface area contributed by atoms with Crippen molar-refractivity contribution in [2.24, 2.45) is 0 Å². The topological polar surface area (TPSA) is 65.0 Å². The van der Waals surface area contributed by atoms with Crippen LogP contribution < -0.4 is 4.74 Å². The number of ether oxygens (including phenoxy) is 1. The Morgan fingerprint density at radius 3 is 2.00 bits per heavy atom. The van der Waals surface area contributed by atoms with Crippen LogP contribution in [0.25, 0.3) is 0 Å². The second kappa shape index (κ2) is 6.53. The average Bonchev–Trinajstić information content (AvgIpc) is 2.39. The van der Waals surface area contributed by atoms with Crippen LogP contribution in [0.15, 0.2) is 24.3 Å². The van der Waals surface area contributed by atoms with Crippen molar-refractivity contribution < 1.29 is 23.5 Å². The molecule has 0 heterocycles. The third kappa shape index (κ3) is 3.37. The molecule has 0 fully saturated rings. The summed E-state index contributed by atoms with van der Waals surface area (Å²) in [6.45, 7) is 5.24. The summed E-state index contributed by atoms with van der Waals surface area (Å²) in [5.74, 6) is 0.655. The molecule has 0 aromatic heterocycles. The molecule has 0 saturated heterocycles. The minimum atomic E-state index is -3.65. The molecule has 5 nitrogen and oxygen atoms in total. The molecule has 1 aromatic carbocycles. The van der Waals surface area contributed by atoms with Gasteiger partial charge in [0, 0.05) is 0 Å². The van der Waals surface area contributed by atoms with Gasteiger partial charge in [0.25, 0.3) is 0 Å². The van der Waals surface area contributed by atoms with Gasteiger partial charge in [0.05, 0.1) is 20.3 Å². The van der Waals surface area contributed by atoms with Gasteiger partial charge >= 0.3 is 7.60 Å². The Bertz CT molecular complexity index is 431. The Morgan fingerprint density at radius 2 is 1.63 bits per heavy atom. The van der Waals surface area contributed by atoms with Crippen LogP contribution in [0.3, 0.4) is 0 Å². The standard InChI is InChI=1S/C13H21O5P/c1-5-17-19(15,18-6-2)13(3,14)11-7-9-12(16-4)10-8-11/h7-10,14H,5-6H2,1-4H3. The molecule has 19 heavy (non-hydrogen) atoms. The van der Waals surface area contributed by atoms with Gasteiger partial charge in [-0.1, -0.05) is 12.1 Å². The number of hydrogen-bond donors (Lipinski definition) is 1. The van der Waals surface area contributed by atoms with E-state index in [9.17, 15) is 9.67 Å².